The van der Waals surface area contributed by atoms with Gasteiger partial charge < -0.3 is 9.64 Å². The van der Waals surface area contributed by atoms with Gasteiger partial charge in [-0.05, 0) is 36.4 Å². The maximum atomic E-state index is 13.9. The first kappa shape index (κ1) is 16.9. The molecule has 0 bridgehead atoms. The van der Waals surface area contributed by atoms with E-state index in [9.17, 15) is 4.39 Å². The van der Waals surface area contributed by atoms with E-state index in [0.717, 1.165) is 16.8 Å². The normalized spacial score (nSPS) is 10.7. The monoisotopic (exact) mass is 360 g/mol. The van der Waals surface area contributed by atoms with Gasteiger partial charge in [0.05, 0.1) is 25.4 Å². The van der Waals surface area contributed by atoms with Crippen molar-refractivity contribution in [3.63, 3.8) is 0 Å². The van der Waals surface area contributed by atoms with Gasteiger partial charge in [-0.25, -0.2) is 14.4 Å². The lowest BCUT2D eigenvalue weighted by molar-refractivity contribution is 0.409. The van der Waals surface area contributed by atoms with E-state index < -0.39 is 0 Å². The molecule has 0 saturated heterocycles. The Morgan fingerprint density at radius 1 is 0.963 bits per heavy atom. The van der Waals surface area contributed by atoms with Crippen LogP contribution < -0.4 is 9.64 Å². The standard InChI is InChI=1S/C21H17FN4O/c1-27-20-10-3-2-6-15(20)14-26(17-8-4-7-16(22)12-17)21-24-13-19-18(25-21)9-5-11-23-19/h2-13H,14H2,1H3. The van der Waals surface area contributed by atoms with Gasteiger partial charge in [0.1, 0.15) is 17.1 Å². The van der Waals surface area contributed by atoms with Gasteiger partial charge in [0.15, 0.2) is 0 Å². The first-order valence-corrected chi connectivity index (χ1v) is 8.47. The average molecular weight is 360 g/mol. The molecule has 2 aromatic carbocycles. The van der Waals surface area contributed by atoms with E-state index in [1.807, 2.05) is 47.4 Å². The summed E-state index contributed by atoms with van der Waals surface area (Å²) in [5.74, 6) is 0.897. The van der Waals surface area contributed by atoms with Crippen LogP contribution in [0.4, 0.5) is 16.0 Å². The van der Waals surface area contributed by atoms with E-state index in [2.05, 4.69) is 15.0 Å². The Bertz CT molecular complexity index is 1090. The highest BCUT2D eigenvalue weighted by Gasteiger charge is 2.16. The quantitative estimate of drug-likeness (QED) is 0.524. The number of methoxy groups -OCH3 is 1. The third-order valence-corrected chi connectivity index (χ3v) is 4.22. The fraction of sp³-hybridized carbons (Fsp3) is 0.0952. The van der Waals surface area contributed by atoms with Gasteiger partial charge in [0.2, 0.25) is 5.95 Å². The number of aromatic nitrogens is 3. The minimum absolute atomic E-state index is 0.319. The maximum absolute atomic E-state index is 13.9. The third kappa shape index (κ3) is 3.55. The molecule has 4 aromatic rings. The fourth-order valence-corrected chi connectivity index (χ4v) is 2.91. The van der Waals surface area contributed by atoms with Crippen molar-refractivity contribution in [1.82, 2.24) is 15.0 Å². The zero-order valence-corrected chi connectivity index (χ0v) is 14.7. The molecule has 0 unspecified atom stereocenters. The summed E-state index contributed by atoms with van der Waals surface area (Å²) in [5.41, 5.74) is 3.03. The van der Waals surface area contributed by atoms with Crippen molar-refractivity contribution in [2.24, 2.45) is 0 Å². The first-order valence-electron chi connectivity index (χ1n) is 8.47. The van der Waals surface area contributed by atoms with Crippen LogP contribution in [0.3, 0.4) is 0 Å². The largest absolute Gasteiger partial charge is 0.496 e. The summed E-state index contributed by atoms with van der Waals surface area (Å²) in [6.45, 7) is 0.430. The lowest BCUT2D eigenvalue weighted by atomic mass is 10.1. The zero-order chi connectivity index (χ0) is 18.6. The molecule has 0 saturated carbocycles. The lowest BCUT2D eigenvalue weighted by Gasteiger charge is -2.24. The second-order valence-electron chi connectivity index (χ2n) is 5.96. The molecule has 0 fully saturated rings. The Balaban J connectivity index is 1.82. The Labute approximate surface area is 156 Å². The van der Waals surface area contributed by atoms with Crippen LogP contribution in [0.2, 0.25) is 0 Å². The molecule has 0 amide bonds. The van der Waals surface area contributed by atoms with E-state index in [-0.39, 0.29) is 5.82 Å². The summed E-state index contributed by atoms with van der Waals surface area (Å²) < 4.78 is 19.3. The number of anilines is 2. The lowest BCUT2D eigenvalue weighted by Crippen LogP contribution is -2.19. The number of fused-ring (bicyclic) bond motifs is 1. The first-order chi connectivity index (χ1) is 13.2. The summed E-state index contributed by atoms with van der Waals surface area (Å²) in [4.78, 5) is 15.2. The second-order valence-corrected chi connectivity index (χ2v) is 5.96. The van der Waals surface area contributed by atoms with E-state index in [1.54, 1.807) is 25.6 Å². The topological polar surface area (TPSA) is 51.1 Å². The van der Waals surface area contributed by atoms with Crippen LogP contribution in [-0.2, 0) is 6.54 Å². The zero-order valence-electron chi connectivity index (χ0n) is 14.7. The number of nitrogens with zero attached hydrogens (tertiary/aromatic N) is 4. The van der Waals surface area contributed by atoms with Crippen LogP contribution in [0.1, 0.15) is 5.56 Å². The molecule has 0 N–H and O–H groups in total. The van der Waals surface area contributed by atoms with Gasteiger partial charge in [-0.15, -0.1) is 0 Å². The van der Waals surface area contributed by atoms with Crippen LogP contribution in [0.25, 0.3) is 11.0 Å². The van der Waals surface area contributed by atoms with Crippen molar-refractivity contribution in [2.75, 3.05) is 12.0 Å². The van der Waals surface area contributed by atoms with Crippen molar-refractivity contribution in [1.29, 1.82) is 0 Å². The molecule has 134 valence electrons. The highest BCUT2D eigenvalue weighted by atomic mass is 19.1. The van der Waals surface area contributed by atoms with Crippen LogP contribution in [0.15, 0.2) is 73.1 Å². The Kier molecular flexibility index (Phi) is 4.61. The van der Waals surface area contributed by atoms with E-state index in [1.165, 1.54) is 12.1 Å². The number of ether oxygens (including phenoxy) is 1. The predicted octanol–water partition coefficient (Wildman–Crippen LogP) is 4.51. The summed E-state index contributed by atoms with van der Waals surface area (Å²) >= 11 is 0. The molecule has 5 nitrogen and oxygen atoms in total. The molecular weight excluding hydrogens is 343 g/mol. The van der Waals surface area contributed by atoms with Crippen molar-refractivity contribution in [2.45, 2.75) is 6.54 Å². The molecule has 4 rings (SSSR count). The molecular formula is C21H17FN4O. The highest BCUT2D eigenvalue weighted by molar-refractivity contribution is 5.75. The van der Waals surface area contributed by atoms with E-state index in [0.29, 0.717) is 23.7 Å². The average Bonchev–Trinajstić information content (AvgIpc) is 2.72. The van der Waals surface area contributed by atoms with Gasteiger partial charge in [-0.2, -0.15) is 0 Å². The number of para-hydroxylation sites is 1. The molecule has 0 aliphatic carbocycles. The van der Waals surface area contributed by atoms with Crippen LogP contribution in [0.5, 0.6) is 5.75 Å². The van der Waals surface area contributed by atoms with Gasteiger partial charge >= 0.3 is 0 Å². The van der Waals surface area contributed by atoms with Gasteiger partial charge in [0, 0.05) is 17.4 Å². The molecule has 2 aromatic heterocycles. The summed E-state index contributed by atoms with van der Waals surface area (Å²) in [6.07, 6.45) is 3.37. The van der Waals surface area contributed by atoms with Crippen molar-refractivity contribution in [3.05, 3.63) is 84.4 Å². The van der Waals surface area contributed by atoms with Crippen molar-refractivity contribution >= 4 is 22.7 Å². The number of hydrogen-bond donors (Lipinski definition) is 0. The van der Waals surface area contributed by atoms with Crippen LogP contribution in [-0.4, -0.2) is 22.1 Å². The Morgan fingerprint density at radius 2 is 1.85 bits per heavy atom. The van der Waals surface area contributed by atoms with Crippen molar-refractivity contribution in [3.8, 4) is 5.75 Å². The number of benzene rings is 2. The van der Waals surface area contributed by atoms with E-state index in [4.69, 9.17) is 4.74 Å². The number of rotatable bonds is 5. The smallest absolute Gasteiger partial charge is 0.230 e. The number of hydrogen-bond acceptors (Lipinski definition) is 5. The van der Waals surface area contributed by atoms with Crippen molar-refractivity contribution < 1.29 is 9.13 Å². The third-order valence-electron chi connectivity index (χ3n) is 4.22. The maximum Gasteiger partial charge on any atom is 0.230 e. The van der Waals surface area contributed by atoms with E-state index >= 15 is 0 Å². The molecule has 0 spiro atoms. The summed E-state index contributed by atoms with van der Waals surface area (Å²) in [6, 6.07) is 17.8. The molecule has 0 aliphatic rings. The second kappa shape index (κ2) is 7.37. The molecule has 6 heteroatoms. The molecule has 27 heavy (non-hydrogen) atoms. The minimum atomic E-state index is -0.319. The Hall–Kier alpha value is -3.54. The van der Waals surface area contributed by atoms with Crippen LogP contribution >= 0.6 is 0 Å². The number of halogens is 1. The molecule has 2 heterocycles. The highest BCUT2D eigenvalue weighted by Crippen LogP contribution is 2.29. The predicted molar refractivity (Wildman–Crippen MR) is 103 cm³/mol. The fourth-order valence-electron chi connectivity index (χ4n) is 2.91. The number of pyridine rings is 1. The summed E-state index contributed by atoms with van der Waals surface area (Å²) in [5, 5.41) is 0. The van der Waals surface area contributed by atoms with Crippen LogP contribution in [0, 0.1) is 5.82 Å². The Morgan fingerprint density at radius 3 is 2.70 bits per heavy atom. The minimum Gasteiger partial charge on any atom is -0.496 e. The van der Waals surface area contributed by atoms with Gasteiger partial charge in [0.25, 0.3) is 0 Å². The SMILES string of the molecule is COc1ccccc1CN(c1cccc(F)c1)c1ncc2ncccc2n1. The molecule has 0 aliphatic heterocycles. The summed E-state index contributed by atoms with van der Waals surface area (Å²) in [7, 11) is 1.63. The van der Waals surface area contributed by atoms with Gasteiger partial charge in [-0.1, -0.05) is 24.3 Å². The van der Waals surface area contributed by atoms with Gasteiger partial charge in [-0.3, -0.25) is 4.98 Å². The molecule has 0 radical (unpaired) electrons. The molecule has 0 atom stereocenters.